The van der Waals surface area contributed by atoms with Crippen LogP contribution in [0.3, 0.4) is 0 Å². The average Bonchev–Trinajstić information content (AvgIpc) is 3.12. The molecule has 0 radical (unpaired) electrons. The summed E-state index contributed by atoms with van der Waals surface area (Å²) in [5, 5.41) is 36.4. The third-order valence-corrected chi connectivity index (χ3v) is 11.4. The summed E-state index contributed by atoms with van der Waals surface area (Å²) in [6, 6.07) is 26.9. The third-order valence-electron chi connectivity index (χ3n) is 6.90. The highest BCUT2D eigenvalue weighted by Crippen LogP contribution is 2.27. The number of nitrogens with zero attached hydrogens (tertiary/aromatic N) is 6. The Morgan fingerprint density at radius 1 is 0.627 bits per heavy atom. The molecule has 0 spiro atoms. The van der Waals surface area contributed by atoms with Crippen LogP contribution in [0.15, 0.2) is 127 Å². The number of carboxylic acid groups (broad SMARTS) is 2. The van der Waals surface area contributed by atoms with Crippen LogP contribution in [0.4, 0.5) is 34.1 Å². The van der Waals surface area contributed by atoms with Crippen molar-refractivity contribution in [2.24, 2.45) is 20.5 Å². The van der Waals surface area contributed by atoms with Crippen LogP contribution < -0.4 is 19.2 Å². The molecule has 0 aliphatic rings. The molecule has 13 nitrogen and oxygen atoms in total. The van der Waals surface area contributed by atoms with Crippen molar-refractivity contribution in [3.05, 3.63) is 97.1 Å². The first kappa shape index (κ1) is 39.5. The summed E-state index contributed by atoms with van der Waals surface area (Å²) in [7, 11) is 8.43. The summed E-state index contributed by atoms with van der Waals surface area (Å²) < 4.78 is 18.5. The van der Waals surface area contributed by atoms with Crippen molar-refractivity contribution < 1.29 is 24.0 Å². The third kappa shape index (κ3) is 13.1. The molecule has 0 aliphatic heterocycles. The summed E-state index contributed by atoms with van der Waals surface area (Å²) in [5.74, 6) is -1.99. The van der Waals surface area contributed by atoms with Crippen molar-refractivity contribution in [2.45, 2.75) is 21.9 Å². The number of anilines is 2. The standard InChI is InChI=1S/C34H38N8O5S4/c1-41(2)27-13-5-23(6-14-27)35-37-25-9-17-29(18-10-25)50-39-31(33(43)44)21-48-49-22-32(34(45)46)40-51(47)30-19-11-26(12-20-30)38-36-24-7-15-28(16-8-24)42(3)4/h5-20,31-32,39-40H,21-22H2,1-4H3,(H,43,44)(H,45,46). The van der Waals surface area contributed by atoms with Gasteiger partial charge in [0.1, 0.15) is 23.1 Å². The maximum absolute atomic E-state index is 12.9. The van der Waals surface area contributed by atoms with E-state index in [1.54, 1.807) is 36.4 Å². The Kier molecular flexibility index (Phi) is 15.5. The van der Waals surface area contributed by atoms with Crippen LogP contribution in [0.5, 0.6) is 0 Å². The summed E-state index contributed by atoms with van der Waals surface area (Å²) in [5.41, 5.74) is 4.73. The number of rotatable bonds is 19. The van der Waals surface area contributed by atoms with Gasteiger partial charge in [0.2, 0.25) is 0 Å². The first-order valence-corrected chi connectivity index (χ1v) is 19.8. The molecule has 268 valence electrons. The molecule has 3 unspecified atom stereocenters. The molecule has 0 bridgehead atoms. The Morgan fingerprint density at radius 2 is 1.00 bits per heavy atom. The number of hydrogen-bond donors (Lipinski definition) is 4. The number of aliphatic carboxylic acids is 2. The van der Waals surface area contributed by atoms with Crippen molar-refractivity contribution in [2.75, 3.05) is 49.5 Å². The molecule has 4 aromatic carbocycles. The lowest BCUT2D eigenvalue weighted by molar-refractivity contribution is -0.139. The molecular formula is C34H38N8O5S4. The van der Waals surface area contributed by atoms with Crippen molar-refractivity contribution in [1.82, 2.24) is 9.44 Å². The van der Waals surface area contributed by atoms with E-state index < -0.39 is 35.0 Å². The zero-order chi connectivity index (χ0) is 36.8. The summed E-state index contributed by atoms with van der Waals surface area (Å²) >= 11 is 1.17. The van der Waals surface area contributed by atoms with Gasteiger partial charge in [-0.05, 0) is 109 Å². The van der Waals surface area contributed by atoms with Gasteiger partial charge in [-0.1, -0.05) is 21.6 Å². The first-order chi connectivity index (χ1) is 24.5. The maximum Gasteiger partial charge on any atom is 0.322 e. The van der Waals surface area contributed by atoms with Gasteiger partial charge >= 0.3 is 11.9 Å². The van der Waals surface area contributed by atoms with E-state index in [2.05, 4.69) is 29.9 Å². The largest absolute Gasteiger partial charge is 0.480 e. The Hall–Kier alpha value is -4.26. The number of benzene rings is 4. The van der Waals surface area contributed by atoms with E-state index in [4.69, 9.17) is 0 Å². The zero-order valence-electron chi connectivity index (χ0n) is 28.2. The Balaban J connectivity index is 1.20. The van der Waals surface area contributed by atoms with Crippen molar-refractivity contribution in [3.63, 3.8) is 0 Å². The van der Waals surface area contributed by atoms with E-state index in [1.165, 1.54) is 33.5 Å². The second-order valence-electron chi connectivity index (χ2n) is 11.2. The average molecular weight is 767 g/mol. The molecule has 51 heavy (non-hydrogen) atoms. The highest BCUT2D eigenvalue weighted by atomic mass is 33.1. The first-order valence-electron chi connectivity index (χ1n) is 15.4. The van der Waals surface area contributed by atoms with E-state index in [0.29, 0.717) is 22.0 Å². The molecule has 0 amide bonds. The minimum Gasteiger partial charge on any atom is -0.480 e. The molecule has 4 rings (SSSR count). The van der Waals surface area contributed by atoms with Crippen LogP contribution in [-0.4, -0.2) is 78.1 Å². The normalized spacial score (nSPS) is 13.3. The van der Waals surface area contributed by atoms with Gasteiger partial charge in [0.25, 0.3) is 0 Å². The molecule has 4 aromatic rings. The van der Waals surface area contributed by atoms with Crippen molar-refractivity contribution in [3.8, 4) is 0 Å². The van der Waals surface area contributed by atoms with Crippen LogP contribution in [0, 0.1) is 0 Å². The molecular weight excluding hydrogens is 729 g/mol. The second-order valence-corrected chi connectivity index (χ2v) is 15.9. The summed E-state index contributed by atoms with van der Waals surface area (Å²) in [4.78, 5) is 28.9. The van der Waals surface area contributed by atoms with Gasteiger partial charge in [0, 0.05) is 56.0 Å². The van der Waals surface area contributed by atoms with Crippen molar-refractivity contribution >= 4 is 90.6 Å². The van der Waals surface area contributed by atoms with Gasteiger partial charge in [-0.15, -0.1) is 0 Å². The van der Waals surface area contributed by atoms with Crippen LogP contribution in [-0.2, 0) is 20.6 Å². The molecule has 4 N–H and O–H groups in total. The Labute approximate surface area is 311 Å². The fourth-order valence-corrected chi connectivity index (χ4v) is 8.18. The van der Waals surface area contributed by atoms with Crippen LogP contribution in [0.1, 0.15) is 0 Å². The maximum atomic E-state index is 12.9. The van der Waals surface area contributed by atoms with E-state index in [0.717, 1.165) is 22.0 Å². The topological polar surface area (TPSA) is 172 Å². The number of carboxylic acids is 2. The molecule has 0 saturated carbocycles. The number of carbonyl (C=O) groups is 2. The van der Waals surface area contributed by atoms with Gasteiger partial charge in [-0.25, -0.2) is 13.7 Å². The van der Waals surface area contributed by atoms with Crippen LogP contribution in [0.25, 0.3) is 0 Å². The zero-order valence-corrected chi connectivity index (χ0v) is 31.5. The monoisotopic (exact) mass is 766 g/mol. The van der Waals surface area contributed by atoms with Crippen molar-refractivity contribution in [1.29, 1.82) is 0 Å². The van der Waals surface area contributed by atoms with Gasteiger partial charge in [-0.2, -0.15) is 20.5 Å². The van der Waals surface area contributed by atoms with Gasteiger partial charge in [-0.3, -0.25) is 9.59 Å². The number of hydrogen-bond acceptors (Lipinski definition) is 13. The number of nitrogens with one attached hydrogen (secondary N) is 2. The lowest BCUT2D eigenvalue weighted by Crippen LogP contribution is -2.39. The summed E-state index contributed by atoms with van der Waals surface area (Å²) in [6.45, 7) is 0. The van der Waals surface area contributed by atoms with Gasteiger partial charge < -0.3 is 20.0 Å². The molecule has 3 atom stereocenters. The fourth-order valence-electron chi connectivity index (χ4n) is 3.96. The predicted octanol–water partition coefficient (Wildman–Crippen LogP) is 7.85. The van der Waals surface area contributed by atoms with Crippen LogP contribution in [0.2, 0.25) is 0 Å². The second kappa shape index (κ2) is 20.0. The SMILES string of the molecule is CN(C)c1ccc(N=Nc2ccc(SNC(CSSCC(NS(=O)c3ccc(N=Nc4ccc(N(C)C)cc4)cc3)C(=O)O)C(=O)O)cc2)cc1. The summed E-state index contributed by atoms with van der Waals surface area (Å²) in [6.07, 6.45) is 0. The quantitative estimate of drug-likeness (QED) is 0.0317. The highest BCUT2D eigenvalue weighted by molar-refractivity contribution is 8.76. The smallest absolute Gasteiger partial charge is 0.322 e. The van der Waals surface area contributed by atoms with E-state index >= 15 is 0 Å². The van der Waals surface area contributed by atoms with Crippen LogP contribution >= 0.6 is 33.5 Å². The minimum absolute atomic E-state index is 0.0555. The fraction of sp³-hybridized carbons (Fsp3) is 0.235. The molecule has 0 saturated heterocycles. The lowest BCUT2D eigenvalue weighted by atomic mass is 10.3. The van der Waals surface area contributed by atoms with E-state index in [-0.39, 0.29) is 11.5 Å². The molecule has 0 aromatic heterocycles. The Bertz CT molecular complexity index is 1810. The number of azo groups is 2. The van der Waals surface area contributed by atoms with E-state index in [9.17, 15) is 24.0 Å². The molecule has 17 heteroatoms. The predicted molar refractivity (Wildman–Crippen MR) is 209 cm³/mol. The minimum atomic E-state index is -1.81. The molecule has 0 heterocycles. The van der Waals surface area contributed by atoms with Gasteiger partial charge in [0.05, 0.1) is 27.6 Å². The molecule has 0 aliphatic carbocycles. The highest BCUT2D eigenvalue weighted by Gasteiger charge is 2.22. The van der Waals surface area contributed by atoms with E-state index in [1.807, 2.05) is 98.7 Å². The Morgan fingerprint density at radius 3 is 1.39 bits per heavy atom. The lowest BCUT2D eigenvalue weighted by Gasteiger charge is -2.15. The van der Waals surface area contributed by atoms with Gasteiger partial charge in [0.15, 0.2) is 0 Å². The molecule has 0 fully saturated rings.